The fourth-order valence-electron chi connectivity index (χ4n) is 3.81. The number of anilines is 1. The molecule has 3 amide bonds. The summed E-state index contributed by atoms with van der Waals surface area (Å²) in [5.41, 5.74) is 4.56. The third-order valence-corrected chi connectivity index (χ3v) is 5.92. The Labute approximate surface area is 156 Å². The van der Waals surface area contributed by atoms with Gasteiger partial charge in [0.15, 0.2) is 0 Å². The van der Waals surface area contributed by atoms with E-state index in [0.29, 0.717) is 19.6 Å². The lowest BCUT2D eigenvalue weighted by molar-refractivity contribution is -0.140. The second-order valence-corrected chi connectivity index (χ2v) is 7.74. The van der Waals surface area contributed by atoms with Crippen LogP contribution in [0.5, 0.6) is 0 Å². The Morgan fingerprint density at radius 3 is 2.92 bits per heavy atom. The van der Waals surface area contributed by atoms with Crippen molar-refractivity contribution >= 4 is 29.0 Å². The van der Waals surface area contributed by atoms with Crippen LogP contribution in [0.4, 0.5) is 10.5 Å². The van der Waals surface area contributed by atoms with E-state index in [9.17, 15) is 9.59 Å². The van der Waals surface area contributed by atoms with Gasteiger partial charge < -0.3 is 15.1 Å². The fraction of sp³-hybridized carbons (Fsp3) is 0.421. The number of hydrogen-bond acceptors (Lipinski definition) is 4. The van der Waals surface area contributed by atoms with E-state index < -0.39 is 0 Å². The van der Waals surface area contributed by atoms with E-state index in [2.05, 4.69) is 10.3 Å². The molecule has 3 fully saturated rings. The highest BCUT2D eigenvalue weighted by molar-refractivity contribution is 7.07. The van der Waals surface area contributed by atoms with E-state index in [1.807, 2.05) is 41.5 Å². The molecule has 3 aliphatic heterocycles. The zero-order chi connectivity index (χ0) is 18.1. The normalized spacial score (nSPS) is 22.4. The second-order valence-electron chi connectivity index (χ2n) is 7.02. The molecule has 0 spiro atoms. The number of aryl methyl sites for hydroxylation is 1. The Morgan fingerprint density at radius 2 is 2.15 bits per heavy atom. The smallest absolute Gasteiger partial charge is 0.321 e. The summed E-state index contributed by atoms with van der Waals surface area (Å²) in [4.78, 5) is 33.7. The van der Waals surface area contributed by atoms with Crippen LogP contribution in [0.3, 0.4) is 0 Å². The number of fused-ring (bicyclic) bond motifs is 4. The summed E-state index contributed by atoms with van der Waals surface area (Å²) < 4.78 is 0. The monoisotopic (exact) mass is 370 g/mol. The number of aromatic nitrogens is 1. The number of benzene rings is 1. The van der Waals surface area contributed by atoms with Crippen molar-refractivity contribution < 1.29 is 9.59 Å². The van der Waals surface area contributed by atoms with Crippen LogP contribution in [-0.4, -0.2) is 45.9 Å². The average Bonchev–Trinajstić information content (AvgIpc) is 2.99. The first-order valence-electron chi connectivity index (χ1n) is 8.91. The summed E-state index contributed by atoms with van der Waals surface area (Å²) in [6, 6.07) is 7.67. The molecule has 3 saturated heterocycles. The number of nitrogens with one attached hydrogen (secondary N) is 1. The number of hydrogen-bond donors (Lipinski definition) is 1. The molecule has 1 N–H and O–H groups in total. The molecule has 0 unspecified atom stereocenters. The molecule has 26 heavy (non-hydrogen) atoms. The van der Waals surface area contributed by atoms with Crippen LogP contribution >= 0.6 is 11.3 Å². The number of carbonyl (C=O) groups is 2. The van der Waals surface area contributed by atoms with Crippen molar-refractivity contribution in [2.75, 3.05) is 18.4 Å². The predicted octanol–water partition coefficient (Wildman–Crippen LogP) is 3.11. The lowest BCUT2D eigenvalue weighted by Gasteiger charge is -2.35. The highest BCUT2D eigenvalue weighted by Crippen LogP contribution is 2.30. The van der Waals surface area contributed by atoms with Gasteiger partial charge in [-0.3, -0.25) is 4.79 Å². The Morgan fingerprint density at radius 1 is 1.31 bits per heavy atom. The first-order chi connectivity index (χ1) is 12.6. The first-order valence-corrected chi connectivity index (χ1v) is 9.85. The summed E-state index contributed by atoms with van der Waals surface area (Å²) in [5, 5.41) is 4.98. The summed E-state index contributed by atoms with van der Waals surface area (Å²) in [7, 11) is 0. The van der Waals surface area contributed by atoms with Crippen molar-refractivity contribution in [3.8, 4) is 0 Å². The van der Waals surface area contributed by atoms with E-state index >= 15 is 0 Å². The maximum absolute atomic E-state index is 12.9. The molecule has 1 aromatic carbocycles. The van der Waals surface area contributed by atoms with Crippen LogP contribution < -0.4 is 5.32 Å². The minimum Gasteiger partial charge on any atom is -0.332 e. The number of para-hydroxylation sites is 1. The van der Waals surface area contributed by atoms with E-state index in [1.54, 1.807) is 10.4 Å². The van der Waals surface area contributed by atoms with E-state index in [1.165, 1.54) is 11.3 Å². The largest absolute Gasteiger partial charge is 0.332 e. The van der Waals surface area contributed by atoms with Gasteiger partial charge in [-0.2, -0.15) is 0 Å². The van der Waals surface area contributed by atoms with Crippen LogP contribution in [-0.2, 0) is 11.3 Å². The van der Waals surface area contributed by atoms with Gasteiger partial charge in [-0.1, -0.05) is 18.2 Å². The molecule has 5 rings (SSSR count). The molecule has 0 aliphatic carbocycles. The topological polar surface area (TPSA) is 65.5 Å². The third-order valence-electron chi connectivity index (χ3n) is 5.28. The molecule has 3 aliphatic rings. The van der Waals surface area contributed by atoms with E-state index in [4.69, 9.17) is 0 Å². The summed E-state index contributed by atoms with van der Waals surface area (Å²) in [6.45, 7) is 3.57. The van der Waals surface area contributed by atoms with Crippen LogP contribution in [0.15, 0.2) is 35.2 Å². The van der Waals surface area contributed by atoms with Gasteiger partial charge in [0.25, 0.3) is 0 Å². The van der Waals surface area contributed by atoms with Gasteiger partial charge >= 0.3 is 6.03 Å². The van der Waals surface area contributed by atoms with Crippen molar-refractivity contribution in [2.45, 2.75) is 32.4 Å². The molecule has 7 heteroatoms. The molecular formula is C19H22N4O2S. The lowest BCUT2D eigenvalue weighted by Crippen LogP contribution is -2.47. The van der Waals surface area contributed by atoms with Gasteiger partial charge in [0.1, 0.15) is 0 Å². The molecule has 0 saturated carbocycles. The predicted molar refractivity (Wildman–Crippen MR) is 101 cm³/mol. The van der Waals surface area contributed by atoms with Gasteiger partial charge in [-0.25, -0.2) is 9.78 Å². The quantitative estimate of drug-likeness (QED) is 0.903. The summed E-state index contributed by atoms with van der Waals surface area (Å²) >= 11 is 1.54. The van der Waals surface area contributed by atoms with Crippen molar-refractivity contribution in [3.05, 3.63) is 46.4 Å². The van der Waals surface area contributed by atoms with E-state index in [-0.39, 0.29) is 23.9 Å². The minimum absolute atomic E-state index is 0.0607. The molecule has 4 heterocycles. The summed E-state index contributed by atoms with van der Waals surface area (Å²) in [6.07, 6.45) is 1.79. The van der Waals surface area contributed by atoms with Gasteiger partial charge in [0.2, 0.25) is 5.91 Å². The zero-order valence-electron chi connectivity index (χ0n) is 14.7. The van der Waals surface area contributed by atoms with Gasteiger partial charge in [0, 0.05) is 30.2 Å². The lowest BCUT2D eigenvalue weighted by atomic mass is 9.94. The maximum Gasteiger partial charge on any atom is 0.321 e. The van der Waals surface area contributed by atoms with Crippen molar-refractivity contribution in [3.63, 3.8) is 0 Å². The molecule has 2 bridgehead atoms. The molecule has 2 atom stereocenters. The Kier molecular flexibility index (Phi) is 4.63. The SMILES string of the molecule is Cc1ccccc1NC(=O)N1C[C@@H]2CC[C@H](C1)N(Cc1cscn1)C2=O. The van der Waals surface area contributed by atoms with Gasteiger partial charge in [-0.05, 0) is 31.4 Å². The summed E-state index contributed by atoms with van der Waals surface area (Å²) in [5.74, 6) is 0.0375. The molecule has 136 valence electrons. The van der Waals surface area contributed by atoms with Crippen molar-refractivity contribution in [1.82, 2.24) is 14.8 Å². The van der Waals surface area contributed by atoms with Gasteiger partial charge in [-0.15, -0.1) is 11.3 Å². The van der Waals surface area contributed by atoms with E-state index in [0.717, 1.165) is 29.8 Å². The average molecular weight is 370 g/mol. The maximum atomic E-state index is 12.9. The number of amides is 3. The Hall–Kier alpha value is -2.41. The number of rotatable bonds is 3. The first kappa shape index (κ1) is 17.0. The minimum atomic E-state index is -0.125. The van der Waals surface area contributed by atoms with Crippen LogP contribution in [0.1, 0.15) is 24.1 Å². The standard InChI is InChI=1S/C19H22N4O2S/c1-13-4-2-3-5-17(13)21-19(25)22-8-14-6-7-16(10-22)23(18(14)24)9-15-11-26-12-20-15/h2-5,11-12,14,16H,6-10H2,1H3,(H,21,25)/t14-,16+/m0/s1. The van der Waals surface area contributed by atoms with Gasteiger partial charge in [0.05, 0.1) is 23.7 Å². The van der Waals surface area contributed by atoms with Crippen LogP contribution in [0, 0.1) is 12.8 Å². The molecule has 1 aromatic heterocycles. The fourth-order valence-corrected chi connectivity index (χ4v) is 4.36. The molecule has 2 aromatic rings. The highest BCUT2D eigenvalue weighted by Gasteiger charge is 2.42. The molecule has 6 nitrogen and oxygen atoms in total. The zero-order valence-corrected chi connectivity index (χ0v) is 15.5. The second kappa shape index (κ2) is 7.07. The van der Waals surface area contributed by atoms with Crippen molar-refractivity contribution in [2.24, 2.45) is 5.92 Å². The number of carbonyl (C=O) groups excluding carboxylic acids is 2. The number of thiazole rings is 1. The Bertz CT molecular complexity index is 808. The molecular weight excluding hydrogens is 348 g/mol. The third kappa shape index (κ3) is 3.31. The van der Waals surface area contributed by atoms with Crippen molar-refractivity contribution in [1.29, 1.82) is 0 Å². The number of urea groups is 1. The number of nitrogens with zero attached hydrogens (tertiary/aromatic N) is 3. The number of piperidine rings is 1. The highest BCUT2D eigenvalue weighted by atomic mass is 32.1. The van der Waals surface area contributed by atoms with Crippen LogP contribution in [0.2, 0.25) is 0 Å². The Balaban J connectivity index is 1.49. The van der Waals surface area contributed by atoms with Crippen LogP contribution in [0.25, 0.3) is 0 Å². The molecule has 0 radical (unpaired) electrons.